The first-order valence-electron chi connectivity index (χ1n) is 4.87. The maximum Gasteiger partial charge on any atom is 0.165 e. The van der Waals surface area contributed by atoms with Crippen LogP contribution in [-0.2, 0) is 0 Å². The minimum absolute atomic E-state index is 0.484. The van der Waals surface area contributed by atoms with Gasteiger partial charge in [-0.05, 0) is 37.1 Å². The van der Waals surface area contributed by atoms with Crippen molar-refractivity contribution in [1.29, 1.82) is 0 Å². The minimum atomic E-state index is 0.484. The van der Waals surface area contributed by atoms with Crippen LogP contribution in [-0.4, -0.2) is 15.9 Å². The summed E-state index contributed by atoms with van der Waals surface area (Å²) in [5.41, 5.74) is 9.77. The maximum absolute atomic E-state index is 5.77. The molecule has 0 spiro atoms. The Bertz CT molecular complexity index is 522. The highest BCUT2D eigenvalue weighted by molar-refractivity contribution is 6.99. The summed E-state index contributed by atoms with van der Waals surface area (Å²) >= 11 is 1.13. The zero-order valence-corrected chi connectivity index (χ0v) is 10.3. The first-order valence-corrected chi connectivity index (χ1v) is 5.60. The van der Waals surface area contributed by atoms with Crippen LogP contribution in [0.25, 0.3) is 11.3 Å². The molecule has 16 heavy (non-hydrogen) atoms. The van der Waals surface area contributed by atoms with Crippen LogP contribution >= 0.6 is 11.7 Å². The van der Waals surface area contributed by atoms with E-state index in [4.69, 9.17) is 10.5 Å². The number of benzene rings is 1. The molecule has 2 N–H and O–H groups in total. The monoisotopic (exact) mass is 235 g/mol. The Morgan fingerprint density at radius 2 is 1.94 bits per heavy atom. The van der Waals surface area contributed by atoms with E-state index in [2.05, 4.69) is 8.75 Å². The van der Waals surface area contributed by atoms with E-state index in [1.807, 2.05) is 26.0 Å². The van der Waals surface area contributed by atoms with Gasteiger partial charge in [-0.25, -0.2) is 0 Å². The van der Waals surface area contributed by atoms with Crippen LogP contribution in [0, 0.1) is 13.8 Å². The van der Waals surface area contributed by atoms with E-state index in [1.165, 1.54) is 0 Å². The van der Waals surface area contributed by atoms with Crippen LogP contribution in [0.15, 0.2) is 12.1 Å². The topological polar surface area (TPSA) is 61.0 Å². The Hall–Kier alpha value is -1.62. The molecule has 0 fully saturated rings. The van der Waals surface area contributed by atoms with E-state index in [9.17, 15) is 0 Å². The number of nitrogens with zero attached hydrogens (tertiary/aromatic N) is 2. The molecule has 1 heterocycles. The first kappa shape index (κ1) is 10.9. The summed E-state index contributed by atoms with van der Waals surface area (Å²) in [5.74, 6) is 1.36. The molecule has 2 aromatic rings. The van der Waals surface area contributed by atoms with E-state index in [0.29, 0.717) is 5.82 Å². The molecule has 0 saturated heterocycles. The average molecular weight is 235 g/mol. The second-order valence-electron chi connectivity index (χ2n) is 3.56. The van der Waals surface area contributed by atoms with Gasteiger partial charge in [0.25, 0.3) is 0 Å². The number of methoxy groups -OCH3 is 1. The molecule has 0 aliphatic carbocycles. The zero-order valence-electron chi connectivity index (χ0n) is 9.44. The van der Waals surface area contributed by atoms with Gasteiger partial charge in [-0.15, -0.1) is 0 Å². The van der Waals surface area contributed by atoms with Crippen molar-refractivity contribution in [3.63, 3.8) is 0 Å². The minimum Gasteiger partial charge on any atom is -0.496 e. The Balaban J connectivity index is 2.60. The fourth-order valence-electron chi connectivity index (χ4n) is 1.66. The number of hydrogen-bond donors (Lipinski definition) is 1. The predicted octanol–water partition coefficient (Wildman–Crippen LogP) is 2.41. The highest BCUT2D eigenvalue weighted by atomic mass is 32.1. The quantitative estimate of drug-likeness (QED) is 0.868. The van der Waals surface area contributed by atoms with Gasteiger partial charge < -0.3 is 10.5 Å². The van der Waals surface area contributed by atoms with Crippen LogP contribution in [0.2, 0.25) is 0 Å². The third-order valence-corrected chi connectivity index (χ3v) is 3.27. The number of anilines is 1. The lowest BCUT2D eigenvalue weighted by molar-refractivity contribution is 0.411. The molecule has 0 saturated carbocycles. The maximum atomic E-state index is 5.77. The third kappa shape index (κ3) is 1.63. The molecule has 0 unspecified atom stereocenters. The van der Waals surface area contributed by atoms with Crippen LogP contribution < -0.4 is 10.5 Å². The number of nitrogen functional groups attached to an aromatic ring is 1. The van der Waals surface area contributed by atoms with E-state index >= 15 is 0 Å². The van der Waals surface area contributed by atoms with E-state index in [1.54, 1.807) is 7.11 Å². The van der Waals surface area contributed by atoms with Crippen LogP contribution in [0.3, 0.4) is 0 Å². The van der Waals surface area contributed by atoms with Crippen molar-refractivity contribution < 1.29 is 4.74 Å². The van der Waals surface area contributed by atoms with Gasteiger partial charge in [0.05, 0.1) is 18.8 Å². The first-order chi connectivity index (χ1) is 7.65. The molecule has 2 rings (SSSR count). The molecule has 0 bridgehead atoms. The van der Waals surface area contributed by atoms with Gasteiger partial charge in [0.2, 0.25) is 0 Å². The summed E-state index contributed by atoms with van der Waals surface area (Å²) in [7, 11) is 1.67. The SMILES string of the molecule is COc1ccc(-c2nsnc2N)c(C)c1C. The van der Waals surface area contributed by atoms with Gasteiger partial charge in [0.1, 0.15) is 11.4 Å². The summed E-state index contributed by atoms with van der Waals surface area (Å²) in [4.78, 5) is 0. The highest BCUT2D eigenvalue weighted by Crippen LogP contribution is 2.32. The number of ether oxygens (including phenoxy) is 1. The molecule has 84 valence electrons. The molecule has 4 nitrogen and oxygen atoms in total. The average Bonchev–Trinajstić information content (AvgIpc) is 2.69. The second-order valence-corrected chi connectivity index (χ2v) is 4.09. The normalized spacial score (nSPS) is 10.4. The number of rotatable bonds is 2. The van der Waals surface area contributed by atoms with Crippen LogP contribution in [0.1, 0.15) is 11.1 Å². The summed E-state index contributed by atoms with van der Waals surface area (Å²) in [6.07, 6.45) is 0. The summed E-state index contributed by atoms with van der Waals surface area (Å²) in [6, 6.07) is 3.89. The predicted molar refractivity (Wildman–Crippen MR) is 65.8 cm³/mol. The molecular formula is C11H13N3OS. The van der Waals surface area contributed by atoms with Crippen molar-refractivity contribution in [3.05, 3.63) is 23.3 Å². The lowest BCUT2D eigenvalue weighted by atomic mass is 10.00. The lowest BCUT2D eigenvalue weighted by Crippen LogP contribution is -1.95. The molecule has 0 amide bonds. The molecule has 1 aromatic carbocycles. The van der Waals surface area contributed by atoms with Crippen molar-refractivity contribution in [2.45, 2.75) is 13.8 Å². The fraction of sp³-hybridized carbons (Fsp3) is 0.273. The van der Waals surface area contributed by atoms with Gasteiger partial charge in [-0.1, -0.05) is 0 Å². The Kier molecular flexibility index (Phi) is 2.78. The fourth-order valence-corrected chi connectivity index (χ4v) is 2.14. The van der Waals surface area contributed by atoms with Crippen molar-refractivity contribution in [2.24, 2.45) is 0 Å². The van der Waals surface area contributed by atoms with Crippen molar-refractivity contribution in [2.75, 3.05) is 12.8 Å². The molecule has 0 atom stereocenters. The number of aromatic nitrogens is 2. The Labute approximate surface area is 98.4 Å². The van der Waals surface area contributed by atoms with Crippen LogP contribution in [0.4, 0.5) is 5.82 Å². The van der Waals surface area contributed by atoms with Gasteiger partial charge in [0, 0.05) is 5.56 Å². The highest BCUT2D eigenvalue weighted by Gasteiger charge is 2.13. The largest absolute Gasteiger partial charge is 0.496 e. The van der Waals surface area contributed by atoms with Gasteiger partial charge in [0.15, 0.2) is 5.82 Å². The van der Waals surface area contributed by atoms with Crippen molar-refractivity contribution in [1.82, 2.24) is 8.75 Å². The number of nitrogens with two attached hydrogens (primary N) is 1. The summed E-state index contributed by atoms with van der Waals surface area (Å²) in [5, 5.41) is 0. The molecule has 0 radical (unpaired) electrons. The van der Waals surface area contributed by atoms with E-state index in [0.717, 1.165) is 39.9 Å². The molecular weight excluding hydrogens is 222 g/mol. The van der Waals surface area contributed by atoms with Gasteiger partial charge in [-0.2, -0.15) is 8.75 Å². The Morgan fingerprint density at radius 1 is 1.19 bits per heavy atom. The molecule has 1 aromatic heterocycles. The summed E-state index contributed by atoms with van der Waals surface area (Å²) in [6.45, 7) is 4.06. The van der Waals surface area contributed by atoms with Crippen molar-refractivity contribution >= 4 is 17.5 Å². The second kappa shape index (κ2) is 4.09. The molecule has 0 aliphatic rings. The van der Waals surface area contributed by atoms with Gasteiger partial charge in [-0.3, -0.25) is 0 Å². The van der Waals surface area contributed by atoms with E-state index in [-0.39, 0.29) is 0 Å². The molecule has 5 heteroatoms. The van der Waals surface area contributed by atoms with Gasteiger partial charge >= 0.3 is 0 Å². The summed E-state index contributed by atoms with van der Waals surface area (Å²) < 4.78 is 13.5. The smallest absolute Gasteiger partial charge is 0.165 e. The lowest BCUT2D eigenvalue weighted by Gasteiger charge is -2.11. The molecule has 0 aliphatic heterocycles. The number of hydrogen-bond acceptors (Lipinski definition) is 5. The van der Waals surface area contributed by atoms with Crippen LogP contribution in [0.5, 0.6) is 5.75 Å². The zero-order chi connectivity index (χ0) is 11.7. The third-order valence-electron chi connectivity index (χ3n) is 2.73. The standard InChI is InChI=1S/C11H13N3OS/c1-6-7(2)9(15-3)5-4-8(6)10-11(12)14-16-13-10/h4-5H,1-3H3,(H2,12,14). The van der Waals surface area contributed by atoms with E-state index < -0.39 is 0 Å². The Morgan fingerprint density at radius 3 is 2.50 bits per heavy atom. The van der Waals surface area contributed by atoms with Crippen molar-refractivity contribution in [3.8, 4) is 17.0 Å².